The first-order valence-corrected chi connectivity index (χ1v) is 8.57. The molecule has 0 aliphatic rings. The normalized spacial score (nSPS) is 12.3. The number of para-hydroxylation sites is 1. The maximum Gasteiger partial charge on any atom is 0.331 e. The van der Waals surface area contributed by atoms with Crippen molar-refractivity contribution in [1.82, 2.24) is 4.57 Å². The highest BCUT2D eigenvalue weighted by Crippen LogP contribution is 2.32. The molecule has 0 fully saturated rings. The molecule has 0 saturated carbocycles. The number of nitrogens with zero attached hydrogens (tertiary/aromatic N) is 1. The number of carboxylic acids is 2. The van der Waals surface area contributed by atoms with E-state index in [1.165, 1.54) is 0 Å². The highest BCUT2D eigenvalue weighted by Gasteiger charge is 2.26. The number of rotatable bonds is 5. The molecule has 5 heteroatoms. The Hall–Kier alpha value is -3.60. The number of hydrogen-bond acceptors (Lipinski definition) is 2. The topological polar surface area (TPSA) is 79.5 Å². The SMILES string of the molecule is O=C(O)Cc1cn(C(C(=O)O)c2cccc3ccccc23)c2ccccc12. The average molecular weight is 359 g/mol. The van der Waals surface area contributed by atoms with Crippen LogP contribution in [0.5, 0.6) is 0 Å². The molecule has 134 valence electrons. The summed E-state index contributed by atoms with van der Waals surface area (Å²) in [5.41, 5.74) is 1.97. The Morgan fingerprint density at radius 1 is 0.852 bits per heavy atom. The lowest BCUT2D eigenvalue weighted by Crippen LogP contribution is -2.20. The summed E-state index contributed by atoms with van der Waals surface area (Å²) in [6, 6.07) is 19.6. The van der Waals surface area contributed by atoms with E-state index in [1.54, 1.807) is 10.8 Å². The van der Waals surface area contributed by atoms with E-state index in [-0.39, 0.29) is 6.42 Å². The first kappa shape index (κ1) is 16.8. The third-order valence-electron chi connectivity index (χ3n) is 4.79. The number of hydrogen-bond donors (Lipinski definition) is 2. The largest absolute Gasteiger partial charge is 0.481 e. The van der Waals surface area contributed by atoms with Crippen molar-refractivity contribution in [2.24, 2.45) is 0 Å². The molecule has 1 aromatic heterocycles. The van der Waals surface area contributed by atoms with Crippen molar-refractivity contribution in [3.63, 3.8) is 0 Å². The van der Waals surface area contributed by atoms with Crippen molar-refractivity contribution in [2.45, 2.75) is 12.5 Å². The van der Waals surface area contributed by atoms with Crippen LogP contribution in [0, 0.1) is 0 Å². The molecule has 1 unspecified atom stereocenters. The van der Waals surface area contributed by atoms with Crippen LogP contribution in [-0.4, -0.2) is 26.7 Å². The number of carbonyl (C=O) groups is 2. The molecule has 0 spiro atoms. The van der Waals surface area contributed by atoms with Gasteiger partial charge < -0.3 is 14.8 Å². The fourth-order valence-corrected chi connectivity index (χ4v) is 3.69. The van der Waals surface area contributed by atoms with Gasteiger partial charge in [-0.2, -0.15) is 0 Å². The fraction of sp³-hybridized carbons (Fsp3) is 0.0909. The monoisotopic (exact) mass is 359 g/mol. The van der Waals surface area contributed by atoms with Gasteiger partial charge in [-0.3, -0.25) is 4.79 Å². The second-order valence-electron chi connectivity index (χ2n) is 6.46. The molecule has 0 bridgehead atoms. The van der Waals surface area contributed by atoms with Crippen LogP contribution in [0.25, 0.3) is 21.7 Å². The standard InChI is InChI=1S/C22H17NO4/c24-20(25)12-15-13-23(19-11-4-3-9-17(15)19)21(22(26)27)18-10-5-7-14-6-1-2-8-16(14)18/h1-11,13,21H,12H2,(H,24,25)(H,26,27). The van der Waals surface area contributed by atoms with Crippen LogP contribution >= 0.6 is 0 Å². The van der Waals surface area contributed by atoms with Crippen molar-refractivity contribution in [3.8, 4) is 0 Å². The molecule has 0 aliphatic heterocycles. The highest BCUT2D eigenvalue weighted by atomic mass is 16.4. The van der Waals surface area contributed by atoms with E-state index in [9.17, 15) is 19.8 Å². The predicted molar refractivity (Wildman–Crippen MR) is 103 cm³/mol. The van der Waals surface area contributed by atoms with E-state index in [0.29, 0.717) is 16.6 Å². The van der Waals surface area contributed by atoms with Crippen molar-refractivity contribution in [1.29, 1.82) is 0 Å². The molecule has 1 atom stereocenters. The van der Waals surface area contributed by atoms with Crippen LogP contribution in [0.15, 0.2) is 72.9 Å². The van der Waals surface area contributed by atoms with E-state index in [4.69, 9.17) is 0 Å². The van der Waals surface area contributed by atoms with Crippen LogP contribution in [-0.2, 0) is 16.0 Å². The van der Waals surface area contributed by atoms with Gasteiger partial charge in [-0.05, 0) is 28.0 Å². The summed E-state index contributed by atoms with van der Waals surface area (Å²) in [5.74, 6) is -1.94. The maximum atomic E-state index is 12.3. The quantitative estimate of drug-likeness (QED) is 0.562. The Morgan fingerprint density at radius 2 is 1.52 bits per heavy atom. The van der Waals surface area contributed by atoms with Crippen LogP contribution in [0.2, 0.25) is 0 Å². The minimum atomic E-state index is -0.992. The minimum absolute atomic E-state index is 0.157. The summed E-state index contributed by atoms with van der Waals surface area (Å²) in [4.78, 5) is 23.5. The van der Waals surface area contributed by atoms with E-state index >= 15 is 0 Å². The molecule has 5 nitrogen and oxygen atoms in total. The van der Waals surface area contributed by atoms with Gasteiger partial charge in [-0.25, -0.2) is 4.79 Å². The second kappa shape index (κ2) is 6.61. The molecule has 0 aliphatic carbocycles. The Kier molecular flexibility index (Phi) is 4.12. The molecular formula is C22H17NO4. The van der Waals surface area contributed by atoms with Crippen LogP contribution in [0.1, 0.15) is 17.2 Å². The first-order chi connectivity index (χ1) is 13.1. The molecule has 0 saturated heterocycles. The van der Waals surface area contributed by atoms with Gasteiger partial charge in [0.25, 0.3) is 0 Å². The highest BCUT2D eigenvalue weighted by molar-refractivity contribution is 5.93. The second-order valence-corrected chi connectivity index (χ2v) is 6.46. The average Bonchev–Trinajstić information content (AvgIpc) is 3.00. The van der Waals surface area contributed by atoms with Gasteiger partial charge in [0.1, 0.15) is 0 Å². The van der Waals surface area contributed by atoms with Crippen LogP contribution in [0.3, 0.4) is 0 Å². The number of aromatic nitrogens is 1. The lowest BCUT2D eigenvalue weighted by Gasteiger charge is -2.18. The summed E-state index contributed by atoms with van der Waals surface area (Å²) in [5, 5.41) is 21.9. The maximum absolute atomic E-state index is 12.3. The van der Waals surface area contributed by atoms with Gasteiger partial charge in [-0.15, -0.1) is 0 Å². The zero-order valence-corrected chi connectivity index (χ0v) is 14.4. The molecule has 2 N–H and O–H groups in total. The van der Waals surface area contributed by atoms with Gasteiger partial charge >= 0.3 is 11.9 Å². The summed E-state index contributed by atoms with van der Waals surface area (Å²) < 4.78 is 1.66. The first-order valence-electron chi connectivity index (χ1n) is 8.57. The smallest absolute Gasteiger partial charge is 0.331 e. The summed E-state index contributed by atoms with van der Waals surface area (Å²) in [7, 11) is 0. The van der Waals surface area contributed by atoms with Crippen molar-refractivity contribution < 1.29 is 19.8 Å². The Balaban J connectivity index is 1.99. The van der Waals surface area contributed by atoms with E-state index < -0.39 is 18.0 Å². The van der Waals surface area contributed by atoms with Crippen molar-refractivity contribution >= 4 is 33.6 Å². The summed E-state index contributed by atoms with van der Waals surface area (Å²) in [6.45, 7) is 0. The minimum Gasteiger partial charge on any atom is -0.481 e. The summed E-state index contributed by atoms with van der Waals surface area (Å²) >= 11 is 0. The number of aliphatic carboxylic acids is 2. The lowest BCUT2D eigenvalue weighted by atomic mass is 9.98. The lowest BCUT2D eigenvalue weighted by molar-refractivity contribution is -0.139. The Labute approximate surface area is 155 Å². The van der Waals surface area contributed by atoms with Crippen molar-refractivity contribution in [3.05, 3.63) is 84.1 Å². The van der Waals surface area contributed by atoms with E-state index in [2.05, 4.69) is 0 Å². The molecule has 1 heterocycles. The zero-order valence-electron chi connectivity index (χ0n) is 14.4. The predicted octanol–water partition coefficient (Wildman–Crippen LogP) is 4.10. The molecule has 4 aromatic rings. The Bertz CT molecular complexity index is 1170. The molecule has 0 radical (unpaired) electrons. The molecule has 4 rings (SSSR count). The molecule has 27 heavy (non-hydrogen) atoms. The van der Waals surface area contributed by atoms with Gasteiger partial charge in [0.05, 0.1) is 6.42 Å². The van der Waals surface area contributed by atoms with E-state index in [0.717, 1.165) is 16.2 Å². The van der Waals surface area contributed by atoms with E-state index in [1.807, 2.05) is 66.7 Å². The van der Waals surface area contributed by atoms with Crippen molar-refractivity contribution in [2.75, 3.05) is 0 Å². The van der Waals surface area contributed by atoms with Gasteiger partial charge in [0.2, 0.25) is 0 Å². The zero-order chi connectivity index (χ0) is 19.0. The number of carboxylic acid groups (broad SMARTS) is 2. The molecule has 3 aromatic carbocycles. The van der Waals surface area contributed by atoms with Gasteiger partial charge in [0.15, 0.2) is 6.04 Å². The molecular weight excluding hydrogens is 342 g/mol. The summed E-state index contributed by atoms with van der Waals surface area (Å²) in [6.07, 6.45) is 1.49. The van der Waals surface area contributed by atoms with Crippen LogP contribution < -0.4 is 0 Å². The van der Waals surface area contributed by atoms with Gasteiger partial charge in [0, 0.05) is 17.1 Å². The fourth-order valence-electron chi connectivity index (χ4n) is 3.69. The van der Waals surface area contributed by atoms with Crippen LogP contribution in [0.4, 0.5) is 0 Å². The van der Waals surface area contributed by atoms with Gasteiger partial charge in [-0.1, -0.05) is 60.7 Å². The molecule has 0 amide bonds. The number of fused-ring (bicyclic) bond motifs is 2. The third-order valence-corrected chi connectivity index (χ3v) is 4.79. The third kappa shape index (κ3) is 2.93. The Morgan fingerprint density at radius 3 is 2.26 bits per heavy atom. The number of benzene rings is 3.